The third kappa shape index (κ3) is 4.72. The maximum absolute atomic E-state index is 12.1. The van der Waals surface area contributed by atoms with Crippen molar-refractivity contribution in [1.29, 1.82) is 0 Å². The van der Waals surface area contributed by atoms with E-state index in [1.807, 2.05) is 32.0 Å². The van der Waals surface area contributed by atoms with Crippen molar-refractivity contribution in [3.8, 4) is 5.75 Å². The van der Waals surface area contributed by atoms with Crippen LogP contribution >= 0.6 is 11.5 Å². The standard InChI is InChI=1S/C19H26N4O2S/c1-13(2)20-18(24)15-7-9-23(10-8-15)19-21-17(22-26-19)12-14-5-4-6-16(11-14)25-3/h4-6,11,13,15H,7-10,12H2,1-3H3,(H,20,24). The highest BCUT2D eigenvalue weighted by atomic mass is 32.1. The number of aromatic nitrogens is 2. The van der Waals surface area contributed by atoms with Crippen LogP contribution in [0.3, 0.4) is 0 Å². The minimum atomic E-state index is 0.109. The summed E-state index contributed by atoms with van der Waals surface area (Å²) >= 11 is 1.44. The summed E-state index contributed by atoms with van der Waals surface area (Å²) in [4.78, 5) is 19.1. The normalized spacial score (nSPS) is 15.3. The molecule has 2 aromatic rings. The van der Waals surface area contributed by atoms with Crippen LogP contribution in [0.2, 0.25) is 0 Å². The molecule has 1 aromatic heterocycles. The molecule has 0 aliphatic carbocycles. The molecule has 26 heavy (non-hydrogen) atoms. The first kappa shape index (κ1) is 18.6. The Hall–Kier alpha value is -2.15. The van der Waals surface area contributed by atoms with Gasteiger partial charge in [0.25, 0.3) is 0 Å². The topological polar surface area (TPSA) is 67.3 Å². The van der Waals surface area contributed by atoms with Crippen molar-refractivity contribution in [3.63, 3.8) is 0 Å². The summed E-state index contributed by atoms with van der Waals surface area (Å²) in [6.07, 6.45) is 2.42. The molecule has 1 amide bonds. The van der Waals surface area contributed by atoms with Crippen LogP contribution < -0.4 is 15.0 Å². The molecule has 1 aromatic carbocycles. The molecule has 1 aliphatic rings. The fraction of sp³-hybridized carbons (Fsp3) is 0.526. The number of piperidine rings is 1. The van der Waals surface area contributed by atoms with Gasteiger partial charge in [-0.15, -0.1) is 0 Å². The highest BCUT2D eigenvalue weighted by molar-refractivity contribution is 7.09. The lowest BCUT2D eigenvalue weighted by Gasteiger charge is -2.31. The molecule has 1 N–H and O–H groups in total. The zero-order valence-corrected chi connectivity index (χ0v) is 16.4. The number of hydrogen-bond donors (Lipinski definition) is 1. The molecule has 0 radical (unpaired) electrons. The van der Waals surface area contributed by atoms with E-state index in [9.17, 15) is 4.79 Å². The summed E-state index contributed by atoms with van der Waals surface area (Å²) in [6, 6.07) is 8.18. The van der Waals surface area contributed by atoms with Crippen LogP contribution in [0.1, 0.15) is 38.1 Å². The Bertz CT molecular complexity index is 739. The fourth-order valence-corrected chi connectivity index (χ4v) is 3.88. The second-order valence-electron chi connectivity index (χ2n) is 6.95. The molecule has 2 heterocycles. The van der Waals surface area contributed by atoms with E-state index in [2.05, 4.69) is 20.7 Å². The maximum Gasteiger partial charge on any atom is 0.223 e. The fourth-order valence-electron chi connectivity index (χ4n) is 3.15. The number of hydrogen-bond acceptors (Lipinski definition) is 6. The van der Waals surface area contributed by atoms with E-state index in [-0.39, 0.29) is 17.9 Å². The largest absolute Gasteiger partial charge is 0.497 e. The van der Waals surface area contributed by atoms with E-state index in [0.717, 1.165) is 48.2 Å². The Morgan fingerprint density at radius 1 is 1.38 bits per heavy atom. The van der Waals surface area contributed by atoms with Gasteiger partial charge in [0.1, 0.15) is 11.6 Å². The van der Waals surface area contributed by atoms with Gasteiger partial charge in [-0.3, -0.25) is 4.79 Å². The van der Waals surface area contributed by atoms with E-state index >= 15 is 0 Å². The summed E-state index contributed by atoms with van der Waals surface area (Å²) in [6.45, 7) is 5.70. The molecule has 6 nitrogen and oxygen atoms in total. The van der Waals surface area contributed by atoms with Crippen LogP contribution in [0, 0.1) is 5.92 Å². The molecule has 3 rings (SSSR count). The third-order valence-electron chi connectivity index (χ3n) is 4.52. The molecule has 1 saturated heterocycles. The highest BCUT2D eigenvalue weighted by Crippen LogP contribution is 2.26. The average Bonchev–Trinajstić information content (AvgIpc) is 3.10. The van der Waals surface area contributed by atoms with Gasteiger partial charge in [-0.1, -0.05) is 12.1 Å². The lowest BCUT2D eigenvalue weighted by atomic mass is 9.96. The Morgan fingerprint density at radius 2 is 2.15 bits per heavy atom. The minimum Gasteiger partial charge on any atom is -0.497 e. The van der Waals surface area contributed by atoms with Gasteiger partial charge in [0.15, 0.2) is 0 Å². The monoisotopic (exact) mass is 374 g/mol. The number of nitrogens with zero attached hydrogens (tertiary/aromatic N) is 3. The molecular weight excluding hydrogens is 348 g/mol. The number of nitrogens with one attached hydrogen (secondary N) is 1. The lowest BCUT2D eigenvalue weighted by Crippen LogP contribution is -2.42. The summed E-state index contributed by atoms with van der Waals surface area (Å²) < 4.78 is 9.77. The summed E-state index contributed by atoms with van der Waals surface area (Å²) in [5, 5.41) is 3.96. The Labute approximate surface area is 158 Å². The van der Waals surface area contributed by atoms with Gasteiger partial charge in [0, 0.05) is 43.0 Å². The van der Waals surface area contributed by atoms with Crippen LogP contribution in [0.4, 0.5) is 5.13 Å². The van der Waals surface area contributed by atoms with Crippen molar-refractivity contribution >= 4 is 22.6 Å². The summed E-state index contributed by atoms with van der Waals surface area (Å²) in [5.41, 5.74) is 1.14. The maximum atomic E-state index is 12.1. The van der Waals surface area contributed by atoms with Crippen molar-refractivity contribution < 1.29 is 9.53 Å². The number of carbonyl (C=O) groups is 1. The number of amides is 1. The zero-order valence-electron chi connectivity index (χ0n) is 15.6. The molecule has 1 aliphatic heterocycles. The predicted octanol–water partition coefficient (Wildman–Crippen LogP) is 2.88. The second kappa shape index (κ2) is 8.49. The molecule has 140 valence electrons. The first-order chi connectivity index (χ1) is 12.5. The number of anilines is 1. The van der Waals surface area contributed by atoms with E-state index in [0.29, 0.717) is 6.42 Å². The van der Waals surface area contributed by atoms with E-state index < -0.39 is 0 Å². The Balaban J connectivity index is 1.56. The van der Waals surface area contributed by atoms with E-state index in [1.165, 1.54) is 11.5 Å². The van der Waals surface area contributed by atoms with Crippen molar-refractivity contribution in [1.82, 2.24) is 14.7 Å². The summed E-state index contributed by atoms with van der Waals surface area (Å²) in [5.74, 6) is 1.96. The minimum absolute atomic E-state index is 0.109. The van der Waals surface area contributed by atoms with E-state index in [4.69, 9.17) is 9.72 Å². The van der Waals surface area contributed by atoms with Crippen LogP contribution in [0.25, 0.3) is 0 Å². The third-order valence-corrected chi connectivity index (χ3v) is 5.34. The quantitative estimate of drug-likeness (QED) is 0.842. The molecule has 0 bridgehead atoms. The van der Waals surface area contributed by atoms with Gasteiger partial charge in [0.05, 0.1) is 7.11 Å². The van der Waals surface area contributed by atoms with Crippen LogP contribution in [-0.4, -0.2) is 41.5 Å². The first-order valence-electron chi connectivity index (χ1n) is 9.06. The Kier molecular flexibility index (Phi) is 6.08. The van der Waals surface area contributed by atoms with Crippen LogP contribution in [0.15, 0.2) is 24.3 Å². The van der Waals surface area contributed by atoms with Crippen molar-refractivity contribution in [2.24, 2.45) is 5.92 Å². The Morgan fingerprint density at radius 3 is 2.85 bits per heavy atom. The van der Waals surface area contributed by atoms with E-state index in [1.54, 1.807) is 7.11 Å². The van der Waals surface area contributed by atoms with Gasteiger partial charge < -0.3 is 15.0 Å². The number of methoxy groups -OCH3 is 1. The lowest BCUT2D eigenvalue weighted by molar-refractivity contribution is -0.126. The zero-order chi connectivity index (χ0) is 18.5. The smallest absolute Gasteiger partial charge is 0.223 e. The van der Waals surface area contributed by atoms with Gasteiger partial charge in [0.2, 0.25) is 11.0 Å². The second-order valence-corrected chi connectivity index (χ2v) is 7.68. The summed E-state index contributed by atoms with van der Waals surface area (Å²) in [7, 11) is 1.67. The molecule has 7 heteroatoms. The van der Waals surface area contributed by atoms with Gasteiger partial charge in [-0.2, -0.15) is 4.37 Å². The van der Waals surface area contributed by atoms with Crippen molar-refractivity contribution in [3.05, 3.63) is 35.7 Å². The van der Waals surface area contributed by atoms with Crippen LogP contribution in [-0.2, 0) is 11.2 Å². The SMILES string of the molecule is COc1cccc(Cc2nsc(N3CCC(C(=O)NC(C)C)CC3)n2)c1. The molecule has 1 fully saturated rings. The number of carbonyl (C=O) groups excluding carboxylic acids is 1. The molecule has 0 spiro atoms. The number of rotatable bonds is 6. The molecular formula is C19H26N4O2S. The number of ether oxygens (including phenoxy) is 1. The first-order valence-corrected chi connectivity index (χ1v) is 9.83. The predicted molar refractivity (Wildman–Crippen MR) is 104 cm³/mol. The molecule has 0 saturated carbocycles. The van der Waals surface area contributed by atoms with Gasteiger partial charge >= 0.3 is 0 Å². The van der Waals surface area contributed by atoms with Gasteiger partial charge in [-0.25, -0.2) is 4.98 Å². The molecule has 0 unspecified atom stereocenters. The molecule has 0 atom stereocenters. The highest BCUT2D eigenvalue weighted by Gasteiger charge is 2.26. The van der Waals surface area contributed by atoms with Crippen molar-refractivity contribution in [2.45, 2.75) is 39.2 Å². The van der Waals surface area contributed by atoms with Crippen LogP contribution in [0.5, 0.6) is 5.75 Å². The van der Waals surface area contributed by atoms with Gasteiger partial charge in [-0.05, 0) is 44.4 Å². The number of benzene rings is 1. The van der Waals surface area contributed by atoms with Crippen molar-refractivity contribution in [2.75, 3.05) is 25.1 Å². The average molecular weight is 375 g/mol.